The van der Waals surface area contributed by atoms with Crippen LogP contribution in [0.5, 0.6) is 0 Å². The molecule has 0 aliphatic rings. The Bertz CT molecular complexity index is 657. The lowest BCUT2D eigenvalue weighted by molar-refractivity contribution is 1.04. The Morgan fingerprint density at radius 3 is 2.67 bits per heavy atom. The van der Waals surface area contributed by atoms with E-state index >= 15 is 0 Å². The van der Waals surface area contributed by atoms with Crippen LogP contribution in [-0.2, 0) is 0 Å². The number of nitrogens with one attached hydrogen (secondary N) is 1. The van der Waals surface area contributed by atoms with E-state index < -0.39 is 0 Å². The molecular formula is C12H9IN4O. The summed E-state index contributed by atoms with van der Waals surface area (Å²) in [5, 5.41) is 8.74. The Kier molecular flexibility index (Phi) is 3.62. The average Bonchev–Trinajstić information content (AvgIpc) is 2.41. The second kappa shape index (κ2) is 5.18. The quantitative estimate of drug-likeness (QED) is 0.840. The van der Waals surface area contributed by atoms with E-state index in [1.165, 1.54) is 6.33 Å². The number of hydrogen-bond donors (Lipinski definition) is 1. The summed E-state index contributed by atoms with van der Waals surface area (Å²) in [5.41, 5.74) is 1.30. The van der Waals surface area contributed by atoms with Crippen molar-refractivity contribution in [2.45, 2.75) is 0 Å². The molecule has 18 heavy (non-hydrogen) atoms. The van der Waals surface area contributed by atoms with Gasteiger partial charge >= 0.3 is 0 Å². The maximum Gasteiger partial charge on any atom is 0.266 e. The number of nitriles is 1. The van der Waals surface area contributed by atoms with Gasteiger partial charge in [0.2, 0.25) is 0 Å². The van der Waals surface area contributed by atoms with Crippen LogP contribution in [-0.4, -0.2) is 17.0 Å². The van der Waals surface area contributed by atoms with Crippen LogP contribution < -0.4 is 10.5 Å². The average molecular weight is 352 g/mol. The zero-order valence-corrected chi connectivity index (χ0v) is 11.7. The van der Waals surface area contributed by atoms with Gasteiger partial charge in [-0.05, 0) is 46.9 Å². The second-order valence-corrected chi connectivity index (χ2v) is 4.67. The van der Waals surface area contributed by atoms with E-state index in [1.54, 1.807) is 17.0 Å². The maximum absolute atomic E-state index is 11.5. The van der Waals surface area contributed by atoms with Gasteiger partial charge in [0.15, 0.2) is 5.82 Å². The molecule has 2 aromatic rings. The predicted molar refractivity (Wildman–Crippen MR) is 76.8 cm³/mol. The van der Waals surface area contributed by atoms with Crippen LogP contribution in [0.2, 0.25) is 0 Å². The topological polar surface area (TPSA) is 72.8 Å². The zero-order valence-electron chi connectivity index (χ0n) is 9.51. The number of nitrogens with zero attached hydrogens (tertiary/aromatic N) is 3. The molecule has 0 radical (unpaired) electrons. The molecule has 0 atom stereocenters. The lowest BCUT2D eigenvalue weighted by Gasteiger charge is -2.18. The van der Waals surface area contributed by atoms with Gasteiger partial charge in [0.1, 0.15) is 3.57 Å². The fourth-order valence-electron chi connectivity index (χ4n) is 1.49. The van der Waals surface area contributed by atoms with Gasteiger partial charge in [0, 0.05) is 12.7 Å². The Morgan fingerprint density at radius 2 is 2.06 bits per heavy atom. The Morgan fingerprint density at radius 1 is 1.39 bits per heavy atom. The number of aromatic nitrogens is 2. The first-order valence-electron chi connectivity index (χ1n) is 5.10. The molecule has 6 heteroatoms. The van der Waals surface area contributed by atoms with Crippen LogP contribution in [0.4, 0.5) is 11.5 Å². The Labute approximate surface area is 117 Å². The summed E-state index contributed by atoms with van der Waals surface area (Å²) < 4.78 is 0.530. The highest BCUT2D eigenvalue weighted by Gasteiger charge is 2.11. The van der Waals surface area contributed by atoms with Crippen molar-refractivity contribution in [3.8, 4) is 6.07 Å². The van der Waals surface area contributed by atoms with E-state index in [9.17, 15) is 4.79 Å². The molecule has 1 N–H and O–H groups in total. The zero-order chi connectivity index (χ0) is 13.1. The standard InChI is InChI=1S/C12H9IN4O/c1-17(9-4-2-8(6-14)3-5-9)11-10(13)12(18)16-7-15-11/h2-5,7H,1H3,(H,15,16,18). The van der Waals surface area contributed by atoms with Crippen LogP contribution in [0.25, 0.3) is 0 Å². The minimum atomic E-state index is -0.166. The third-order valence-corrected chi connectivity index (χ3v) is 3.45. The molecule has 0 amide bonds. The second-order valence-electron chi connectivity index (χ2n) is 3.59. The highest BCUT2D eigenvalue weighted by molar-refractivity contribution is 14.1. The van der Waals surface area contributed by atoms with Crippen LogP contribution in [0, 0.1) is 14.9 Å². The van der Waals surface area contributed by atoms with Crippen molar-refractivity contribution in [1.82, 2.24) is 9.97 Å². The largest absolute Gasteiger partial charge is 0.328 e. The minimum Gasteiger partial charge on any atom is -0.328 e. The van der Waals surface area contributed by atoms with Gasteiger partial charge in [-0.15, -0.1) is 0 Å². The van der Waals surface area contributed by atoms with Crippen LogP contribution >= 0.6 is 22.6 Å². The van der Waals surface area contributed by atoms with E-state index in [1.807, 2.05) is 41.8 Å². The van der Waals surface area contributed by atoms with Crippen molar-refractivity contribution in [1.29, 1.82) is 5.26 Å². The smallest absolute Gasteiger partial charge is 0.266 e. The fourth-order valence-corrected chi connectivity index (χ4v) is 2.15. The first-order valence-corrected chi connectivity index (χ1v) is 6.18. The van der Waals surface area contributed by atoms with Gasteiger partial charge in [-0.2, -0.15) is 5.26 Å². The van der Waals surface area contributed by atoms with Gasteiger partial charge < -0.3 is 9.88 Å². The number of hydrogen-bond acceptors (Lipinski definition) is 4. The van der Waals surface area contributed by atoms with E-state index in [4.69, 9.17) is 5.26 Å². The number of benzene rings is 1. The molecule has 0 unspecified atom stereocenters. The maximum atomic E-state index is 11.5. The molecule has 1 heterocycles. The van der Waals surface area contributed by atoms with Gasteiger partial charge in [-0.3, -0.25) is 4.79 Å². The molecule has 1 aromatic carbocycles. The highest BCUT2D eigenvalue weighted by atomic mass is 127. The van der Waals surface area contributed by atoms with Crippen LogP contribution in [0.15, 0.2) is 35.4 Å². The minimum absolute atomic E-state index is 0.166. The fraction of sp³-hybridized carbons (Fsp3) is 0.0833. The summed E-state index contributed by atoms with van der Waals surface area (Å²) in [4.78, 5) is 20.0. The third-order valence-electron chi connectivity index (χ3n) is 2.48. The number of anilines is 2. The lowest BCUT2D eigenvalue weighted by atomic mass is 10.2. The van der Waals surface area contributed by atoms with Crippen molar-refractivity contribution in [2.24, 2.45) is 0 Å². The molecule has 0 bridgehead atoms. The molecule has 0 saturated heterocycles. The molecule has 0 spiro atoms. The van der Waals surface area contributed by atoms with Crippen LogP contribution in [0.3, 0.4) is 0 Å². The van der Waals surface area contributed by atoms with Crippen molar-refractivity contribution in [3.63, 3.8) is 0 Å². The van der Waals surface area contributed by atoms with Crippen LogP contribution in [0.1, 0.15) is 5.56 Å². The molecule has 1 aromatic heterocycles. The summed E-state index contributed by atoms with van der Waals surface area (Å²) >= 11 is 1.96. The normalized spacial score (nSPS) is 9.83. The lowest BCUT2D eigenvalue weighted by Crippen LogP contribution is -2.19. The summed E-state index contributed by atoms with van der Waals surface area (Å²) in [5.74, 6) is 0.587. The first-order chi connectivity index (χ1) is 8.63. The molecule has 90 valence electrons. The summed E-state index contributed by atoms with van der Waals surface area (Å²) in [6, 6.07) is 9.15. The summed E-state index contributed by atoms with van der Waals surface area (Å²) in [6.07, 6.45) is 1.37. The molecular weight excluding hydrogens is 343 g/mol. The van der Waals surface area contributed by atoms with Gasteiger partial charge in [-0.1, -0.05) is 0 Å². The third kappa shape index (κ3) is 2.36. The highest BCUT2D eigenvalue weighted by Crippen LogP contribution is 2.23. The molecule has 0 saturated carbocycles. The number of aromatic amines is 1. The predicted octanol–water partition coefficient (Wildman–Crippen LogP) is 2.01. The Balaban J connectivity index is 2.42. The summed E-state index contributed by atoms with van der Waals surface area (Å²) in [7, 11) is 1.82. The SMILES string of the molecule is CN(c1ccc(C#N)cc1)c1nc[nH]c(=O)c1I. The molecule has 0 fully saturated rings. The van der Waals surface area contributed by atoms with Crippen molar-refractivity contribution < 1.29 is 0 Å². The number of H-pyrrole nitrogens is 1. The van der Waals surface area contributed by atoms with Crippen molar-refractivity contribution >= 4 is 34.1 Å². The van der Waals surface area contributed by atoms with Crippen molar-refractivity contribution in [3.05, 3.63) is 50.1 Å². The van der Waals surface area contributed by atoms with Gasteiger partial charge in [-0.25, -0.2) is 4.98 Å². The number of rotatable bonds is 2. The molecule has 5 nitrogen and oxygen atoms in total. The van der Waals surface area contributed by atoms with E-state index in [-0.39, 0.29) is 5.56 Å². The summed E-state index contributed by atoms with van der Waals surface area (Å²) in [6.45, 7) is 0. The van der Waals surface area contributed by atoms with E-state index in [0.29, 0.717) is 15.0 Å². The number of halogens is 1. The van der Waals surface area contributed by atoms with E-state index in [2.05, 4.69) is 16.0 Å². The molecule has 2 rings (SSSR count). The van der Waals surface area contributed by atoms with Gasteiger partial charge in [0.05, 0.1) is 18.0 Å². The monoisotopic (exact) mass is 352 g/mol. The Hall–Kier alpha value is -1.88. The van der Waals surface area contributed by atoms with Crippen molar-refractivity contribution in [2.75, 3.05) is 11.9 Å². The van der Waals surface area contributed by atoms with Gasteiger partial charge in [0.25, 0.3) is 5.56 Å². The molecule has 0 aliphatic carbocycles. The molecule has 0 aliphatic heterocycles. The van der Waals surface area contributed by atoms with E-state index in [0.717, 1.165) is 5.69 Å². The first kappa shape index (κ1) is 12.6.